The Labute approximate surface area is 127 Å². The maximum absolute atomic E-state index is 4.52. The van der Waals surface area contributed by atoms with Gasteiger partial charge < -0.3 is 10.2 Å². The molecule has 1 saturated carbocycles. The smallest absolute Gasteiger partial charge is 0.0562 e. The molecule has 1 aliphatic carbocycles. The predicted octanol–water partition coefficient (Wildman–Crippen LogP) is 2.01. The molecule has 1 N–H and O–H groups in total. The zero-order chi connectivity index (χ0) is 14.2. The Hall–Kier alpha value is -1.13. The summed E-state index contributed by atoms with van der Waals surface area (Å²) in [6, 6.07) is 6.75. The summed E-state index contributed by atoms with van der Waals surface area (Å²) in [6.45, 7) is 3.27. The Morgan fingerprint density at radius 2 is 2.05 bits per heavy atom. The van der Waals surface area contributed by atoms with Gasteiger partial charge in [-0.3, -0.25) is 9.88 Å². The van der Waals surface area contributed by atoms with Crippen LogP contribution >= 0.6 is 0 Å². The van der Waals surface area contributed by atoms with E-state index in [1.54, 1.807) is 0 Å². The topological polar surface area (TPSA) is 31.4 Å². The van der Waals surface area contributed by atoms with Crippen LogP contribution in [0.25, 0.3) is 0 Å². The van der Waals surface area contributed by atoms with Crippen molar-refractivity contribution in [3.63, 3.8) is 0 Å². The van der Waals surface area contributed by atoms with Crippen molar-refractivity contribution in [2.45, 2.75) is 56.8 Å². The fourth-order valence-electron chi connectivity index (χ4n) is 3.84. The molecule has 3 fully saturated rings. The Morgan fingerprint density at radius 3 is 2.90 bits per heavy atom. The molecule has 21 heavy (non-hydrogen) atoms. The van der Waals surface area contributed by atoms with Gasteiger partial charge in [-0.15, -0.1) is 0 Å². The lowest BCUT2D eigenvalue weighted by atomic mass is 10.1. The Kier molecular flexibility index (Phi) is 3.59. The van der Waals surface area contributed by atoms with Crippen molar-refractivity contribution in [2.24, 2.45) is 0 Å². The number of pyridine rings is 1. The molecule has 2 saturated heterocycles. The van der Waals surface area contributed by atoms with Crippen LogP contribution < -0.4 is 10.2 Å². The minimum atomic E-state index is 0.735. The van der Waals surface area contributed by atoms with E-state index in [1.165, 1.54) is 56.6 Å². The van der Waals surface area contributed by atoms with Gasteiger partial charge in [0.25, 0.3) is 0 Å². The summed E-state index contributed by atoms with van der Waals surface area (Å²) in [5.41, 5.74) is 2.54. The molecule has 4 heteroatoms. The highest BCUT2D eigenvalue weighted by Gasteiger charge is 2.34. The fraction of sp³-hybridized carbons (Fsp3) is 0.706. The van der Waals surface area contributed by atoms with Gasteiger partial charge in [-0.25, -0.2) is 0 Å². The number of nitrogens with zero attached hydrogens (tertiary/aromatic N) is 3. The molecule has 2 unspecified atom stereocenters. The molecule has 2 atom stereocenters. The first-order valence-electron chi connectivity index (χ1n) is 8.45. The summed E-state index contributed by atoms with van der Waals surface area (Å²) in [5.74, 6) is 0. The van der Waals surface area contributed by atoms with Gasteiger partial charge in [0.1, 0.15) is 0 Å². The van der Waals surface area contributed by atoms with Crippen LogP contribution in [0.1, 0.15) is 37.8 Å². The molecule has 3 aliphatic rings. The minimum Gasteiger partial charge on any atom is -0.370 e. The number of nitrogens with one attached hydrogen (secondary N) is 1. The largest absolute Gasteiger partial charge is 0.370 e. The molecule has 4 rings (SSSR count). The van der Waals surface area contributed by atoms with Crippen molar-refractivity contribution in [3.05, 3.63) is 24.0 Å². The fourth-order valence-corrected chi connectivity index (χ4v) is 3.84. The third-order valence-electron chi connectivity index (χ3n) is 5.46. The van der Waals surface area contributed by atoms with Crippen LogP contribution in [-0.4, -0.2) is 48.1 Å². The number of rotatable bonds is 4. The van der Waals surface area contributed by atoms with E-state index in [1.807, 2.05) is 6.20 Å². The van der Waals surface area contributed by atoms with E-state index in [0.29, 0.717) is 0 Å². The van der Waals surface area contributed by atoms with E-state index in [9.17, 15) is 0 Å². The zero-order valence-corrected chi connectivity index (χ0v) is 13.0. The van der Waals surface area contributed by atoms with Gasteiger partial charge in [0.2, 0.25) is 0 Å². The van der Waals surface area contributed by atoms with Gasteiger partial charge in [-0.1, -0.05) is 0 Å². The number of anilines is 1. The van der Waals surface area contributed by atoms with Crippen LogP contribution in [0, 0.1) is 0 Å². The maximum Gasteiger partial charge on any atom is 0.0562 e. The highest BCUT2D eigenvalue weighted by Crippen LogP contribution is 2.30. The van der Waals surface area contributed by atoms with Crippen LogP contribution in [0.2, 0.25) is 0 Å². The van der Waals surface area contributed by atoms with Crippen LogP contribution in [-0.2, 0) is 6.54 Å². The van der Waals surface area contributed by atoms with E-state index in [4.69, 9.17) is 0 Å². The average molecular weight is 286 g/mol. The summed E-state index contributed by atoms with van der Waals surface area (Å²) < 4.78 is 0. The molecular formula is C17H26N4. The van der Waals surface area contributed by atoms with Gasteiger partial charge in [0, 0.05) is 49.6 Å². The maximum atomic E-state index is 4.52. The first-order chi connectivity index (χ1) is 10.3. The Balaban J connectivity index is 1.46. The molecule has 0 amide bonds. The van der Waals surface area contributed by atoms with Gasteiger partial charge in [-0.2, -0.15) is 0 Å². The normalized spacial score (nSPS) is 29.7. The lowest BCUT2D eigenvalue weighted by Gasteiger charge is -2.27. The number of aromatic nitrogens is 1. The molecule has 114 valence electrons. The molecule has 1 aromatic rings. The van der Waals surface area contributed by atoms with Crippen molar-refractivity contribution in [3.8, 4) is 0 Å². The number of fused-ring (bicyclic) bond motifs is 2. The summed E-state index contributed by atoms with van der Waals surface area (Å²) in [6.07, 6.45) is 8.69. The van der Waals surface area contributed by atoms with Crippen molar-refractivity contribution in [1.82, 2.24) is 15.2 Å². The van der Waals surface area contributed by atoms with Gasteiger partial charge >= 0.3 is 0 Å². The van der Waals surface area contributed by atoms with E-state index < -0.39 is 0 Å². The second kappa shape index (κ2) is 5.58. The van der Waals surface area contributed by atoms with Gasteiger partial charge in [0.15, 0.2) is 0 Å². The van der Waals surface area contributed by atoms with Crippen molar-refractivity contribution in [1.29, 1.82) is 0 Å². The average Bonchev–Trinajstić information content (AvgIpc) is 3.25. The number of hydrogen-bond acceptors (Lipinski definition) is 4. The molecular weight excluding hydrogens is 260 g/mol. The van der Waals surface area contributed by atoms with E-state index in [2.05, 4.69) is 39.3 Å². The van der Waals surface area contributed by atoms with Gasteiger partial charge in [-0.05, 0) is 51.3 Å². The standard InChI is InChI=1S/C17H26N4/c1-20-15-4-5-17(20)12-21(9-7-15)16-6-8-18-14(10-16)11-19-13-2-3-13/h6,8,10,13,15,17,19H,2-5,7,9,11-12H2,1H3. The monoisotopic (exact) mass is 286 g/mol. The Bertz CT molecular complexity index is 499. The third kappa shape index (κ3) is 2.92. The highest BCUT2D eigenvalue weighted by molar-refractivity contribution is 5.47. The SMILES string of the molecule is CN1C2CCC1CN(c1ccnc(CNC3CC3)c1)CC2. The van der Waals surface area contributed by atoms with Crippen LogP contribution in [0.4, 0.5) is 5.69 Å². The lowest BCUT2D eigenvalue weighted by Crippen LogP contribution is -2.36. The van der Waals surface area contributed by atoms with E-state index in [-0.39, 0.29) is 0 Å². The molecule has 3 heterocycles. The summed E-state index contributed by atoms with van der Waals surface area (Å²) >= 11 is 0. The van der Waals surface area contributed by atoms with Crippen molar-refractivity contribution >= 4 is 5.69 Å². The molecule has 1 aromatic heterocycles. The second-order valence-corrected chi connectivity index (χ2v) is 6.95. The molecule has 0 radical (unpaired) electrons. The zero-order valence-electron chi connectivity index (χ0n) is 13.0. The molecule has 4 nitrogen and oxygen atoms in total. The first kappa shape index (κ1) is 13.5. The summed E-state index contributed by atoms with van der Waals surface area (Å²) in [5, 5.41) is 3.56. The number of likely N-dealkylation sites (N-methyl/N-ethyl adjacent to an activating group) is 1. The molecule has 0 spiro atoms. The highest BCUT2D eigenvalue weighted by atomic mass is 15.3. The third-order valence-corrected chi connectivity index (χ3v) is 5.46. The van der Waals surface area contributed by atoms with Crippen LogP contribution in [0.3, 0.4) is 0 Å². The quantitative estimate of drug-likeness (QED) is 0.917. The van der Waals surface area contributed by atoms with Crippen molar-refractivity contribution in [2.75, 3.05) is 25.0 Å². The van der Waals surface area contributed by atoms with Crippen molar-refractivity contribution < 1.29 is 0 Å². The Morgan fingerprint density at radius 1 is 1.19 bits per heavy atom. The van der Waals surface area contributed by atoms with E-state index in [0.717, 1.165) is 24.7 Å². The first-order valence-corrected chi connectivity index (χ1v) is 8.45. The van der Waals surface area contributed by atoms with Crippen LogP contribution in [0.15, 0.2) is 18.3 Å². The molecule has 2 bridgehead atoms. The second-order valence-electron chi connectivity index (χ2n) is 6.95. The van der Waals surface area contributed by atoms with Gasteiger partial charge in [0.05, 0.1) is 5.69 Å². The van der Waals surface area contributed by atoms with Crippen LogP contribution in [0.5, 0.6) is 0 Å². The summed E-state index contributed by atoms with van der Waals surface area (Å²) in [4.78, 5) is 9.70. The predicted molar refractivity (Wildman–Crippen MR) is 85.5 cm³/mol. The summed E-state index contributed by atoms with van der Waals surface area (Å²) in [7, 11) is 2.31. The lowest BCUT2D eigenvalue weighted by molar-refractivity contribution is 0.254. The minimum absolute atomic E-state index is 0.735. The molecule has 0 aromatic carbocycles. The van der Waals surface area contributed by atoms with E-state index >= 15 is 0 Å². The number of hydrogen-bond donors (Lipinski definition) is 1. The molecule has 2 aliphatic heterocycles.